The fourth-order valence-corrected chi connectivity index (χ4v) is 4.25. The summed E-state index contributed by atoms with van der Waals surface area (Å²) in [5, 5.41) is 0.705. The number of pyridine rings is 1. The van der Waals surface area contributed by atoms with E-state index in [2.05, 4.69) is 4.98 Å². The number of ether oxygens (including phenoxy) is 1. The van der Waals surface area contributed by atoms with Gasteiger partial charge in [-0.1, -0.05) is 30.3 Å². The first-order chi connectivity index (χ1) is 16.1. The van der Waals surface area contributed by atoms with Gasteiger partial charge in [0, 0.05) is 11.6 Å². The lowest BCUT2D eigenvalue weighted by atomic mass is 9.86. The van der Waals surface area contributed by atoms with E-state index in [1.165, 1.54) is 12.1 Å². The summed E-state index contributed by atoms with van der Waals surface area (Å²) in [6, 6.07) is 17.1. The Bertz CT molecular complexity index is 1370. The van der Waals surface area contributed by atoms with E-state index in [-0.39, 0.29) is 18.2 Å². The number of allylic oxidation sites excluding steroid dienone is 1. The molecule has 0 bridgehead atoms. The summed E-state index contributed by atoms with van der Waals surface area (Å²) in [5.41, 5.74) is 4.98. The van der Waals surface area contributed by atoms with Crippen LogP contribution in [0.3, 0.4) is 0 Å². The zero-order valence-corrected chi connectivity index (χ0v) is 17.8. The number of hydrogen-bond acceptors (Lipinski definition) is 4. The van der Waals surface area contributed by atoms with Crippen molar-refractivity contribution in [2.24, 2.45) is 0 Å². The molecule has 6 heteroatoms. The monoisotopic (exact) mass is 440 g/mol. The van der Waals surface area contributed by atoms with Gasteiger partial charge in [-0.2, -0.15) is 0 Å². The van der Waals surface area contributed by atoms with E-state index in [0.717, 1.165) is 35.2 Å². The number of hydrogen-bond donors (Lipinski definition) is 1. The molecule has 4 aromatic rings. The highest BCUT2D eigenvalue weighted by atomic mass is 19.1. The number of fused-ring (bicyclic) bond motifs is 2. The Hall–Kier alpha value is -4.06. The van der Waals surface area contributed by atoms with Crippen molar-refractivity contribution in [2.75, 3.05) is 6.61 Å². The van der Waals surface area contributed by atoms with Crippen LogP contribution in [-0.2, 0) is 11.2 Å². The van der Waals surface area contributed by atoms with Gasteiger partial charge in [-0.15, -0.1) is 0 Å². The lowest BCUT2D eigenvalue weighted by Crippen LogP contribution is -2.18. The van der Waals surface area contributed by atoms with Gasteiger partial charge in [0.25, 0.3) is 0 Å². The number of ketones is 1. The Morgan fingerprint density at radius 1 is 1.03 bits per heavy atom. The van der Waals surface area contributed by atoms with Crippen molar-refractivity contribution in [3.8, 4) is 0 Å². The quantitative estimate of drug-likeness (QED) is 0.323. The second kappa shape index (κ2) is 8.82. The van der Waals surface area contributed by atoms with Crippen LogP contribution in [0.1, 0.15) is 50.5 Å². The number of carbonyl (C=O) groups is 2. The molecule has 0 unspecified atom stereocenters. The standard InChI is InChI=1S/C27H21FN2O3/c28-19-12-10-17(11-13-19)15-18-5-3-7-21-25(20-6-1-2-8-22(20)30-26(18)21)27(32)33-16-24(31)23-9-4-14-29-23/h1-2,4,6,8-15,29H,3,5,7,16H2. The number of nitrogens with zero attached hydrogens (tertiary/aromatic N) is 1. The fraction of sp³-hybridized carbons (Fsp3) is 0.148. The van der Waals surface area contributed by atoms with Gasteiger partial charge in [-0.25, -0.2) is 14.2 Å². The van der Waals surface area contributed by atoms with Gasteiger partial charge in [0.05, 0.1) is 22.5 Å². The first-order valence-corrected chi connectivity index (χ1v) is 10.8. The van der Waals surface area contributed by atoms with Crippen molar-refractivity contribution in [3.05, 3.63) is 101 Å². The van der Waals surface area contributed by atoms with E-state index in [1.54, 1.807) is 30.5 Å². The maximum absolute atomic E-state index is 13.3. The summed E-state index contributed by atoms with van der Waals surface area (Å²) < 4.78 is 18.8. The predicted octanol–water partition coefficient (Wildman–Crippen LogP) is 5.62. The third kappa shape index (κ3) is 4.20. The number of rotatable bonds is 5. The zero-order valence-electron chi connectivity index (χ0n) is 17.8. The Morgan fingerprint density at radius 3 is 2.64 bits per heavy atom. The Labute approximate surface area is 189 Å². The average Bonchev–Trinajstić information content (AvgIpc) is 3.38. The van der Waals surface area contributed by atoms with E-state index in [1.807, 2.05) is 30.3 Å². The number of carbonyl (C=O) groups excluding carboxylic acids is 2. The molecule has 0 spiro atoms. The number of H-pyrrole nitrogens is 1. The molecule has 164 valence electrons. The van der Waals surface area contributed by atoms with Crippen LogP contribution in [0.15, 0.2) is 66.9 Å². The van der Waals surface area contributed by atoms with E-state index in [0.29, 0.717) is 28.6 Å². The first-order valence-electron chi connectivity index (χ1n) is 10.8. The number of halogens is 1. The minimum Gasteiger partial charge on any atom is -0.454 e. The van der Waals surface area contributed by atoms with Crippen LogP contribution >= 0.6 is 0 Å². The molecule has 0 saturated heterocycles. The highest BCUT2D eigenvalue weighted by molar-refractivity contribution is 6.07. The van der Waals surface area contributed by atoms with Crippen LogP contribution < -0.4 is 0 Å². The number of para-hydroxylation sites is 1. The largest absolute Gasteiger partial charge is 0.454 e. The summed E-state index contributed by atoms with van der Waals surface area (Å²) in [6.45, 7) is -0.344. The zero-order chi connectivity index (χ0) is 22.8. The van der Waals surface area contributed by atoms with Crippen LogP contribution in [0.4, 0.5) is 4.39 Å². The van der Waals surface area contributed by atoms with E-state index in [9.17, 15) is 14.0 Å². The fourth-order valence-electron chi connectivity index (χ4n) is 4.25. The summed E-state index contributed by atoms with van der Waals surface area (Å²) >= 11 is 0. The molecule has 2 heterocycles. The summed E-state index contributed by atoms with van der Waals surface area (Å²) in [6.07, 6.45) is 5.97. The predicted molar refractivity (Wildman–Crippen MR) is 124 cm³/mol. The lowest BCUT2D eigenvalue weighted by Gasteiger charge is -2.22. The number of esters is 1. The van der Waals surface area contributed by atoms with Crippen LogP contribution in [0.2, 0.25) is 0 Å². The van der Waals surface area contributed by atoms with Crippen molar-refractivity contribution in [3.63, 3.8) is 0 Å². The van der Waals surface area contributed by atoms with Gasteiger partial charge in [0.2, 0.25) is 5.78 Å². The molecular weight excluding hydrogens is 419 g/mol. The molecular formula is C27H21FN2O3. The van der Waals surface area contributed by atoms with Gasteiger partial charge in [-0.3, -0.25) is 4.79 Å². The smallest absolute Gasteiger partial charge is 0.339 e. The second-order valence-corrected chi connectivity index (χ2v) is 7.99. The molecule has 5 rings (SSSR count). The van der Waals surface area contributed by atoms with Crippen LogP contribution in [0, 0.1) is 5.82 Å². The van der Waals surface area contributed by atoms with Gasteiger partial charge in [0.1, 0.15) is 5.82 Å². The molecule has 2 aromatic heterocycles. The maximum atomic E-state index is 13.3. The summed E-state index contributed by atoms with van der Waals surface area (Å²) in [4.78, 5) is 33.2. The number of aromatic amines is 1. The molecule has 0 radical (unpaired) electrons. The third-order valence-corrected chi connectivity index (χ3v) is 5.82. The number of benzene rings is 2. The first kappa shape index (κ1) is 20.8. The topological polar surface area (TPSA) is 72.1 Å². The normalized spacial score (nSPS) is 14.3. The third-order valence-electron chi connectivity index (χ3n) is 5.82. The van der Waals surface area contributed by atoms with Crippen LogP contribution in [0.5, 0.6) is 0 Å². The molecule has 0 atom stereocenters. The van der Waals surface area contributed by atoms with E-state index in [4.69, 9.17) is 9.72 Å². The molecule has 33 heavy (non-hydrogen) atoms. The summed E-state index contributed by atoms with van der Waals surface area (Å²) in [5.74, 6) is -1.12. The highest BCUT2D eigenvalue weighted by Crippen LogP contribution is 2.36. The molecule has 0 aliphatic heterocycles. The molecule has 1 aliphatic carbocycles. The minimum absolute atomic E-state index is 0.288. The number of Topliss-reactive ketones (excluding diaryl/α,β-unsaturated/α-hetero) is 1. The Balaban J connectivity index is 1.55. The molecule has 1 N–H and O–H groups in total. The van der Waals surface area contributed by atoms with E-state index < -0.39 is 5.97 Å². The Kier molecular flexibility index (Phi) is 5.57. The van der Waals surface area contributed by atoms with Crippen molar-refractivity contribution in [2.45, 2.75) is 19.3 Å². The van der Waals surface area contributed by atoms with Crippen molar-refractivity contribution >= 4 is 34.3 Å². The maximum Gasteiger partial charge on any atom is 0.339 e. The SMILES string of the molecule is O=C(COC(=O)c1c2c(nc3ccccc13)C(=Cc1ccc(F)cc1)CCC2)c1ccc[nH]1. The average molecular weight is 440 g/mol. The highest BCUT2D eigenvalue weighted by Gasteiger charge is 2.26. The molecule has 2 aromatic carbocycles. The number of aromatic nitrogens is 2. The van der Waals surface area contributed by atoms with Crippen molar-refractivity contribution in [1.29, 1.82) is 0 Å². The van der Waals surface area contributed by atoms with Crippen molar-refractivity contribution in [1.82, 2.24) is 9.97 Å². The summed E-state index contributed by atoms with van der Waals surface area (Å²) in [7, 11) is 0. The lowest BCUT2D eigenvalue weighted by molar-refractivity contribution is 0.0474. The van der Waals surface area contributed by atoms with Gasteiger partial charge >= 0.3 is 5.97 Å². The van der Waals surface area contributed by atoms with Gasteiger partial charge in [-0.05, 0) is 72.4 Å². The molecule has 0 amide bonds. The van der Waals surface area contributed by atoms with Crippen LogP contribution in [0.25, 0.3) is 22.6 Å². The van der Waals surface area contributed by atoms with Crippen LogP contribution in [-0.4, -0.2) is 28.3 Å². The van der Waals surface area contributed by atoms with E-state index >= 15 is 0 Å². The molecule has 0 fully saturated rings. The molecule has 5 nitrogen and oxygen atoms in total. The van der Waals surface area contributed by atoms with Gasteiger partial charge < -0.3 is 9.72 Å². The second-order valence-electron chi connectivity index (χ2n) is 7.99. The Morgan fingerprint density at radius 2 is 1.85 bits per heavy atom. The number of nitrogens with one attached hydrogen (secondary N) is 1. The van der Waals surface area contributed by atoms with Crippen molar-refractivity contribution < 1.29 is 18.7 Å². The van der Waals surface area contributed by atoms with Gasteiger partial charge in [0.15, 0.2) is 6.61 Å². The minimum atomic E-state index is -0.534. The molecule has 0 saturated carbocycles. The molecule has 1 aliphatic rings.